The normalized spacial score (nSPS) is 10.3. The molecule has 2 heterocycles. The van der Waals surface area contributed by atoms with Crippen LogP contribution in [0.4, 0.5) is 11.8 Å². The Hall–Kier alpha value is -2.95. The lowest BCUT2D eigenvalue weighted by molar-refractivity contribution is 1.00. The standard InChI is InChI=1S/C18H19N5/c1-19-18-22-16(15-8-5-10-20-13-15)12-17(23-18)21-11-9-14-6-3-2-4-7-14/h2-8,10,12-13H,9,11H2,1H3,(H2,19,21,22,23). The van der Waals surface area contributed by atoms with Gasteiger partial charge in [-0.25, -0.2) is 4.98 Å². The molecule has 0 amide bonds. The van der Waals surface area contributed by atoms with Gasteiger partial charge >= 0.3 is 0 Å². The molecule has 0 saturated heterocycles. The number of nitrogens with one attached hydrogen (secondary N) is 2. The third kappa shape index (κ3) is 4.03. The Bertz CT molecular complexity index is 744. The predicted octanol–water partition coefficient (Wildman–Crippen LogP) is 3.23. The Morgan fingerprint density at radius 3 is 2.61 bits per heavy atom. The minimum Gasteiger partial charge on any atom is -0.370 e. The average Bonchev–Trinajstić information content (AvgIpc) is 2.63. The van der Waals surface area contributed by atoms with Gasteiger partial charge in [-0.3, -0.25) is 4.98 Å². The van der Waals surface area contributed by atoms with Crippen molar-refractivity contribution in [2.45, 2.75) is 6.42 Å². The number of hydrogen-bond acceptors (Lipinski definition) is 5. The lowest BCUT2D eigenvalue weighted by Gasteiger charge is -2.10. The van der Waals surface area contributed by atoms with Gasteiger partial charge < -0.3 is 10.6 Å². The molecule has 0 spiro atoms. The van der Waals surface area contributed by atoms with Crippen molar-refractivity contribution in [1.82, 2.24) is 15.0 Å². The van der Waals surface area contributed by atoms with Crippen LogP contribution in [0, 0.1) is 0 Å². The van der Waals surface area contributed by atoms with Crippen molar-refractivity contribution in [3.05, 3.63) is 66.5 Å². The van der Waals surface area contributed by atoms with Gasteiger partial charge in [-0.2, -0.15) is 4.98 Å². The Morgan fingerprint density at radius 1 is 1.00 bits per heavy atom. The molecule has 5 heteroatoms. The van der Waals surface area contributed by atoms with Gasteiger partial charge in [0.1, 0.15) is 5.82 Å². The molecule has 0 unspecified atom stereocenters. The third-order valence-electron chi connectivity index (χ3n) is 3.47. The van der Waals surface area contributed by atoms with Gasteiger partial charge in [-0.05, 0) is 24.1 Å². The number of rotatable bonds is 6. The van der Waals surface area contributed by atoms with Crippen LogP contribution in [0.5, 0.6) is 0 Å². The lowest BCUT2D eigenvalue weighted by atomic mass is 10.1. The minimum absolute atomic E-state index is 0.591. The van der Waals surface area contributed by atoms with Crippen molar-refractivity contribution < 1.29 is 0 Å². The molecule has 0 saturated carbocycles. The van der Waals surface area contributed by atoms with Gasteiger partial charge in [-0.1, -0.05) is 30.3 Å². The molecule has 3 rings (SSSR count). The molecule has 0 radical (unpaired) electrons. The van der Waals surface area contributed by atoms with Crippen molar-refractivity contribution in [2.24, 2.45) is 0 Å². The van der Waals surface area contributed by atoms with Crippen molar-refractivity contribution in [1.29, 1.82) is 0 Å². The monoisotopic (exact) mass is 305 g/mol. The van der Waals surface area contributed by atoms with E-state index in [1.165, 1.54) is 5.56 Å². The zero-order valence-corrected chi connectivity index (χ0v) is 13.0. The van der Waals surface area contributed by atoms with E-state index in [-0.39, 0.29) is 0 Å². The van der Waals surface area contributed by atoms with Gasteiger partial charge in [0.05, 0.1) is 5.69 Å². The molecular formula is C18H19N5. The highest BCUT2D eigenvalue weighted by molar-refractivity contribution is 5.63. The second kappa shape index (κ2) is 7.35. The maximum absolute atomic E-state index is 4.49. The van der Waals surface area contributed by atoms with E-state index < -0.39 is 0 Å². The summed E-state index contributed by atoms with van der Waals surface area (Å²) in [7, 11) is 1.82. The SMILES string of the molecule is CNc1nc(NCCc2ccccc2)cc(-c2cccnc2)n1. The summed E-state index contributed by atoms with van der Waals surface area (Å²) in [5.41, 5.74) is 3.12. The van der Waals surface area contributed by atoms with Crippen LogP contribution < -0.4 is 10.6 Å². The number of pyridine rings is 1. The highest BCUT2D eigenvalue weighted by atomic mass is 15.1. The molecule has 0 atom stereocenters. The van der Waals surface area contributed by atoms with Crippen LogP contribution in [0.1, 0.15) is 5.56 Å². The van der Waals surface area contributed by atoms with Gasteiger partial charge in [-0.15, -0.1) is 0 Å². The van der Waals surface area contributed by atoms with E-state index in [2.05, 4.69) is 49.9 Å². The summed E-state index contributed by atoms with van der Waals surface area (Å²) in [5.74, 6) is 1.40. The van der Waals surface area contributed by atoms with E-state index in [0.717, 1.165) is 30.0 Å². The average molecular weight is 305 g/mol. The molecule has 2 N–H and O–H groups in total. The minimum atomic E-state index is 0.591. The highest BCUT2D eigenvalue weighted by Crippen LogP contribution is 2.20. The third-order valence-corrected chi connectivity index (χ3v) is 3.47. The maximum Gasteiger partial charge on any atom is 0.224 e. The number of benzene rings is 1. The molecular weight excluding hydrogens is 286 g/mol. The first kappa shape index (κ1) is 15.0. The van der Waals surface area contributed by atoms with Crippen LogP contribution in [0.3, 0.4) is 0 Å². The Balaban J connectivity index is 1.74. The van der Waals surface area contributed by atoms with Crippen molar-refractivity contribution in [2.75, 3.05) is 24.2 Å². The molecule has 3 aromatic rings. The lowest BCUT2D eigenvalue weighted by Crippen LogP contribution is -2.08. The zero-order valence-electron chi connectivity index (χ0n) is 13.0. The topological polar surface area (TPSA) is 62.7 Å². The van der Waals surface area contributed by atoms with E-state index in [1.807, 2.05) is 31.3 Å². The maximum atomic E-state index is 4.49. The predicted molar refractivity (Wildman–Crippen MR) is 93.4 cm³/mol. The summed E-state index contributed by atoms with van der Waals surface area (Å²) in [6.07, 6.45) is 4.50. The van der Waals surface area contributed by atoms with E-state index in [9.17, 15) is 0 Å². The molecule has 23 heavy (non-hydrogen) atoms. The number of anilines is 2. The summed E-state index contributed by atoms with van der Waals surface area (Å²) >= 11 is 0. The number of aromatic nitrogens is 3. The molecule has 5 nitrogen and oxygen atoms in total. The van der Waals surface area contributed by atoms with E-state index >= 15 is 0 Å². The van der Waals surface area contributed by atoms with Crippen LogP contribution in [-0.2, 0) is 6.42 Å². The summed E-state index contributed by atoms with van der Waals surface area (Å²) in [5, 5.41) is 6.37. The summed E-state index contributed by atoms with van der Waals surface area (Å²) in [6, 6.07) is 16.2. The largest absolute Gasteiger partial charge is 0.370 e. The number of nitrogens with zero attached hydrogens (tertiary/aromatic N) is 3. The summed E-state index contributed by atoms with van der Waals surface area (Å²) < 4.78 is 0. The first-order valence-electron chi connectivity index (χ1n) is 7.60. The molecule has 0 aliphatic heterocycles. The van der Waals surface area contributed by atoms with Crippen LogP contribution in [0.15, 0.2) is 60.9 Å². The van der Waals surface area contributed by atoms with Crippen molar-refractivity contribution in [3.8, 4) is 11.3 Å². The van der Waals surface area contributed by atoms with Gasteiger partial charge in [0.25, 0.3) is 0 Å². The van der Waals surface area contributed by atoms with Crippen molar-refractivity contribution >= 4 is 11.8 Å². The van der Waals surface area contributed by atoms with E-state index in [4.69, 9.17) is 0 Å². The number of hydrogen-bond donors (Lipinski definition) is 2. The quantitative estimate of drug-likeness (QED) is 0.732. The highest BCUT2D eigenvalue weighted by Gasteiger charge is 2.06. The van der Waals surface area contributed by atoms with E-state index in [1.54, 1.807) is 12.4 Å². The van der Waals surface area contributed by atoms with Crippen LogP contribution >= 0.6 is 0 Å². The van der Waals surface area contributed by atoms with Crippen molar-refractivity contribution in [3.63, 3.8) is 0 Å². The molecule has 2 aromatic heterocycles. The van der Waals surface area contributed by atoms with Crippen LogP contribution in [0.25, 0.3) is 11.3 Å². The first-order valence-corrected chi connectivity index (χ1v) is 7.60. The molecule has 0 aliphatic rings. The summed E-state index contributed by atoms with van der Waals surface area (Å²) in [4.78, 5) is 13.1. The second-order valence-corrected chi connectivity index (χ2v) is 5.12. The van der Waals surface area contributed by atoms with Gasteiger partial charge in [0, 0.05) is 37.6 Å². The van der Waals surface area contributed by atoms with Gasteiger partial charge in [0.2, 0.25) is 5.95 Å². The smallest absolute Gasteiger partial charge is 0.224 e. The zero-order chi connectivity index (χ0) is 15.9. The molecule has 0 aliphatic carbocycles. The Labute approximate surface area is 135 Å². The molecule has 116 valence electrons. The fourth-order valence-corrected chi connectivity index (χ4v) is 2.29. The van der Waals surface area contributed by atoms with Crippen LogP contribution in [-0.4, -0.2) is 28.5 Å². The molecule has 0 bridgehead atoms. The Morgan fingerprint density at radius 2 is 1.87 bits per heavy atom. The van der Waals surface area contributed by atoms with Crippen LogP contribution in [0.2, 0.25) is 0 Å². The summed E-state index contributed by atoms with van der Waals surface area (Å²) in [6.45, 7) is 0.816. The van der Waals surface area contributed by atoms with Gasteiger partial charge in [0.15, 0.2) is 0 Å². The molecule has 0 fully saturated rings. The fraction of sp³-hybridized carbons (Fsp3) is 0.167. The Kier molecular flexibility index (Phi) is 4.79. The second-order valence-electron chi connectivity index (χ2n) is 5.12. The molecule has 1 aromatic carbocycles. The van der Waals surface area contributed by atoms with E-state index in [0.29, 0.717) is 5.95 Å². The first-order chi connectivity index (χ1) is 11.3. The fourth-order valence-electron chi connectivity index (χ4n) is 2.29.